The summed E-state index contributed by atoms with van der Waals surface area (Å²) in [4.78, 5) is 0. The molecular weight excluding hydrogens is 259 g/mol. The van der Waals surface area contributed by atoms with Gasteiger partial charge in [0, 0.05) is 24.2 Å². The van der Waals surface area contributed by atoms with Crippen molar-refractivity contribution in [2.45, 2.75) is 32.4 Å². The summed E-state index contributed by atoms with van der Waals surface area (Å²) in [7, 11) is 1.42. The first-order chi connectivity index (χ1) is 9.51. The van der Waals surface area contributed by atoms with E-state index in [-0.39, 0.29) is 11.8 Å². The molecule has 108 valence electrons. The lowest BCUT2D eigenvalue weighted by Gasteiger charge is -2.10. The SMILES string of the molecule is COc1ccc(CC(O)c2cnn(C(C)C)c2)cc1F. The van der Waals surface area contributed by atoms with Crippen LogP contribution >= 0.6 is 0 Å². The molecule has 1 aromatic heterocycles. The minimum Gasteiger partial charge on any atom is -0.494 e. The zero-order chi connectivity index (χ0) is 14.7. The summed E-state index contributed by atoms with van der Waals surface area (Å²) >= 11 is 0. The van der Waals surface area contributed by atoms with E-state index >= 15 is 0 Å². The van der Waals surface area contributed by atoms with Crippen molar-refractivity contribution < 1.29 is 14.2 Å². The molecule has 0 amide bonds. The molecule has 0 aliphatic heterocycles. The Labute approximate surface area is 117 Å². The molecule has 0 aliphatic carbocycles. The maximum atomic E-state index is 13.6. The van der Waals surface area contributed by atoms with Crippen LogP contribution in [0.3, 0.4) is 0 Å². The summed E-state index contributed by atoms with van der Waals surface area (Å²) in [5.74, 6) is -0.217. The number of rotatable bonds is 5. The molecule has 20 heavy (non-hydrogen) atoms. The first-order valence-corrected chi connectivity index (χ1v) is 6.55. The molecule has 1 unspecified atom stereocenters. The third-order valence-electron chi connectivity index (χ3n) is 3.18. The summed E-state index contributed by atoms with van der Waals surface area (Å²) in [5, 5.41) is 14.4. The molecule has 1 aromatic carbocycles. The van der Waals surface area contributed by atoms with E-state index < -0.39 is 11.9 Å². The third-order valence-corrected chi connectivity index (χ3v) is 3.18. The van der Waals surface area contributed by atoms with Gasteiger partial charge in [0.25, 0.3) is 0 Å². The van der Waals surface area contributed by atoms with Crippen molar-refractivity contribution in [3.8, 4) is 5.75 Å². The molecule has 0 saturated heterocycles. The number of aromatic nitrogens is 2. The molecule has 5 heteroatoms. The van der Waals surface area contributed by atoms with Crippen LogP contribution in [0.2, 0.25) is 0 Å². The maximum absolute atomic E-state index is 13.6. The monoisotopic (exact) mass is 278 g/mol. The minimum atomic E-state index is -0.699. The number of halogens is 1. The Balaban J connectivity index is 2.10. The third kappa shape index (κ3) is 3.17. The van der Waals surface area contributed by atoms with Gasteiger partial charge < -0.3 is 9.84 Å². The highest BCUT2D eigenvalue weighted by atomic mass is 19.1. The largest absolute Gasteiger partial charge is 0.494 e. The number of methoxy groups -OCH3 is 1. The summed E-state index contributed by atoms with van der Waals surface area (Å²) in [6.07, 6.45) is 3.10. The van der Waals surface area contributed by atoms with Gasteiger partial charge in [-0.2, -0.15) is 5.10 Å². The molecule has 0 bridgehead atoms. The van der Waals surface area contributed by atoms with E-state index in [0.717, 1.165) is 5.56 Å². The fourth-order valence-corrected chi connectivity index (χ4v) is 1.99. The Morgan fingerprint density at radius 1 is 1.40 bits per heavy atom. The van der Waals surface area contributed by atoms with Crippen LogP contribution in [0.25, 0.3) is 0 Å². The molecule has 2 aromatic rings. The van der Waals surface area contributed by atoms with E-state index in [0.29, 0.717) is 12.0 Å². The number of aliphatic hydroxyl groups is 1. The molecule has 0 saturated carbocycles. The van der Waals surface area contributed by atoms with Crippen LogP contribution in [0.15, 0.2) is 30.6 Å². The maximum Gasteiger partial charge on any atom is 0.165 e. The first kappa shape index (κ1) is 14.5. The predicted molar refractivity (Wildman–Crippen MR) is 74.2 cm³/mol. The van der Waals surface area contributed by atoms with Crippen LogP contribution < -0.4 is 4.74 Å². The zero-order valence-corrected chi connectivity index (χ0v) is 11.9. The lowest BCUT2D eigenvalue weighted by molar-refractivity contribution is 0.178. The highest BCUT2D eigenvalue weighted by Gasteiger charge is 2.13. The molecule has 1 N–H and O–H groups in total. The quantitative estimate of drug-likeness (QED) is 0.914. The number of aliphatic hydroxyl groups excluding tert-OH is 1. The Morgan fingerprint density at radius 3 is 2.70 bits per heavy atom. The minimum absolute atomic E-state index is 0.205. The normalized spacial score (nSPS) is 12.7. The number of hydrogen-bond acceptors (Lipinski definition) is 3. The molecule has 2 rings (SSSR count). The van der Waals surface area contributed by atoms with Crippen LogP contribution in [-0.4, -0.2) is 22.0 Å². The average Bonchev–Trinajstić information content (AvgIpc) is 2.88. The van der Waals surface area contributed by atoms with Gasteiger partial charge in [-0.3, -0.25) is 4.68 Å². The Bertz CT molecular complexity index is 581. The van der Waals surface area contributed by atoms with Crippen molar-refractivity contribution in [2.75, 3.05) is 7.11 Å². The fourth-order valence-electron chi connectivity index (χ4n) is 1.99. The molecule has 0 aliphatic rings. The van der Waals surface area contributed by atoms with Crippen molar-refractivity contribution in [3.63, 3.8) is 0 Å². The Morgan fingerprint density at radius 2 is 2.15 bits per heavy atom. The molecule has 0 radical (unpaired) electrons. The lowest BCUT2D eigenvalue weighted by Crippen LogP contribution is -2.03. The molecule has 0 spiro atoms. The Hall–Kier alpha value is -1.88. The molecule has 1 atom stereocenters. The van der Waals surface area contributed by atoms with Crippen LogP contribution in [-0.2, 0) is 6.42 Å². The summed E-state index contributed by atoms with van der Waals surface area (Å²) in [6.45, 7) is 4.03. The Kier molecular flexibility index (Phi) is 4.39. The van der Waals surface area contributed by atoms with Crippen molar-refractivity contribution in [1.82, 2.24) is 9.78 Å². The lowest BCUT2D eigenvalue weighted by atomic mass is 10.0. The van der Waals surface area contributed by atoms with E-state index in [1.165, 1.54) is 13.2 Å². The van der Waals surface area contributed by atoms with Crippen LogP contribution in [0, 0.1) is 5.82 Å². The van der Waals surface area contributed by atoms with E-state index in [1.807, 2.05) is 20.0 Å². The number of nitrogens with zero attached hydrogens (tertiary/aromatic N) is 2. The predicted octanol–water partition coefficient (Wildman–Crippen LogP) is 2.89. The molecule has 1 heterocycles. The van der Waals surface area contributed by atoms with Gasteiger partial charge in [0.2, 0.25) is 0 Å². The second-order valence-corrected chi connectivity index (χ2v) is 5.04. The van der Waals surface area contributed by atoms with Crippen molar-refractivity contribution in [3.05, 3.63) is 47.5 Å². The van der Waals surface area contributed by atoms with E-state index in [9.17, 15) is 9.50 Å². The number of hydrogen-bond donors (Lipinski definition) is 1. The molecule has 4 nitrogen and oxygen atoms in total. The molecule has 0 fully saturated rings. The second-order valence-electron chi connectivity index (χ2n) is 5.04. The average molecular weight is 278 g/mol. The standard InChI is InChI=1S/C15H19FN2O2/c1-10(2)18-9-12(8-17-18)14(19)7-11-4-5-15(20-3)13(16)6-11/h4-6,8-10,14,19H,7H2,1-3H3. The van der Waals surface area contributed by atoms with Crippen molar-refractivity contribution in [1.29, 1.82) is 0 Å². The van der Waals surface area contributed by atoms with Crippen molar-refractivity contribution in [2.24, 2.45) is 0 Å². The van der Waals surface area contributed by atoms with E-state index in [2.05, 4.69) is 5.10 Å². The molecular formula is C15H19FN2O2. The zero-order valence-electron chi connectivity index (χ0n) is 11.9. The summed E-state index contributed by atoms with van der Waals surface area (Å²) in [6, 6.07) is 4.94. The van der Waals surface area contributed by atoms with Gasteiger partial charge >= 0.3 is 0 Å². The van der Waals surface area contributed by atoms with Gasteiger partial charge in [-0.25, -0.2) is 4.39 Å². The van der Waals surface area contributed by atoms with Gasteiger partial charge in [-0.1, -0.05) is 6.07 Å². The van der Waals surface area contributed by atoms with Crippen LogP contribution in [0.5, 0.6) is 5.75 Å². The fraction of sp³-hybridized carbons (Fsp3) is 0.400. The number of ether oxygens (including phenoxy) is 1. The van der Waals surface area contributed by atoms with Crippen molar-refractivity contribution >= 4 is 0 Å². The topological polar surface area (TPSA) is 47.3 Å². The highest BCUT2D eigenvalue weighted by molar-refractivity contribution is 5.30. The van der Waals surface area contributed by atoms with Gasteiger partial charge in [0.15, 0.2) is 11.6 Å². The van der Waals surface area contributed by atoms with Crippen LogP contribution in [0.4, 0.5) is 4.39 Å². The first-order valence-electron chi connectivity index (χ1n) is 6.55. The number of benzene rings is 1. The van der Waals surface area contributed by atoms with Gasteiger partial charge in [-0.15, -0.1) is 0 Å². The highest BCUT2D eigenvalue weighted by Crippen LogP contribution is 2.23. The van der Waals surface area contributed by atoms with E-state index in [4.69, 9.17) is 4.74 Å². The smallest absolute Gasteiger partial charge is 0.165 e. The summed E-state index contributed by atoms with van der Waals surface area (Å²) in [5.41, 5.74) is 1.45. The summed E-state index contributed by atoms with van der Waals surface area (Å²) < 4.78 is 20.2. The van der Waals surface area contributed by atoms with Gasteiger partial charge in [0.1, 0.15) is 0 Å². The van der Waals surface area contributed by atoms with Gasteiger partial charge in [-0.05, 0) is 31.5 Å². The van der Waals surface area contributed by atoms with E-state index in [1.54, 1.807) is 23.0 Å². The second kappa shape index (κ2) is 6.05. The van der Waals surface area contributed by atoms with Gasteiger partial charge in [0.05, 0.1) is 19.4 Å². The van der Waals surface area contributed by atoms with Crippen LogP contribution in [0.1, 0.15) is 37.1 Å².